The molecule has 106 valence electrons. The van der Waals surface area contributed by atoms with Gasteiger partial charge in [-0.1, -0.05) is 49.0 Å². The molecule has 19 heavy (non-hydrogen) atoms. The molecule has 1 atom stereocenters. The lowest BCUT2D eigenvalue weighted by Crippen LogP contribution is -2.41. The Kier molecular flexibility index (Phi) is 6.63. The van der Waals surface area contributed by atoms with E-state index in [0.29, 0.717) is 16.6 Å². The SMILES string of the molecule is CCCCC(N)C(=O)N(C)Cc1ccc(Cl)c(Cl)c1. The van der Waals surface area contributed by atoms with Gasteiger partial charge >= 0.3 is 0 Å². The van der Waals surface area contributed by atoms with E-state index in [1.165, 1.54) is 0 Å². The first-order chi connectivity index (χ1) is 8.95. The second-order valence-electron chi connectivity index (χ2n) is 4.69. The van der Waals surface area contributed by atoms with E-state index in [1.807, 2.05) is 6.07 Å². The zero-order valence-corrected chi connectivity index (χ0v) is 12.8. The van der Waals surface area contributed by atoms with Crippen molar-refractivity contribution >= 4 is 29.1 Å². The van der Waals surface area contributed by atoms with Crippen molar-refractivity contribution in [3.63, 3.8) is 0 Å². The Labute approximate surface area is 124 Å². The van der Waals surface area contributed by atoms with Crippen LogP contribution in [-0.2, 0) is 11.3 Å². The summed E-state index contributed by atoms with van der Waals surface area (Å²) in [6, 6.07) is 4.93. The number of carbonyl (C=O) groups is 1. The number of unbranched alkanes of at least 4 members (excludes halogenated alkanes) is 1. The highest BCUT2D eigenvalue weighted by Crippen LogP contribution is 2.23. The molecule has 0 saturated carbocycles. The molecule has 0 aromatic heterocycles. The Morgan fingerprint density at radius 1 is 1.37 bits per heavy atom. The number of benzene rings is 1. The summed E-state index contributed by atoms with van der Waals surface area (Å²) in [5.74, 6) is -0.0421. The number of hydrogen-bond donors (Lipinski definition) is 1. The van der Waals surface area contributed by atoms with Crippen LogP contribution in [0.3, 0.4) is 0 Å². The van der Waals surface area contributed by atoms with Gasteiger partial charge in [0.1, 0.15) is 0 Å². The van der Waals surface area contributed by atoms with Crippen molar-refractivity contribution in [2.45, 2.75) is 38.8 Å². The second kappa shape index (κ2) is 7.73. The van der Waals surface area contributed by atoms with Crippen LogP contribution in [0.2, 0.25) is 10.0 Å². The van der Waals surface area contributed by atoms with Crippen LogP contribution in [0, 0.1) is 0 Å². The molecule has 1 unspecified atom stereocenters. The molecule has 1 aromatic rings. The first-order valence-corrected chi connectivity index (χ1v) is 7.15. The molecule has 0 bridgehead atoms. The van der Waals surface area contributed by atoms with E-state index in [4.69, 9.17) is 28.9 Å². The fraction of sp³-hybridized carbons (Fsp3) is 0.500. The molecule has 5 heteroatoms. The van der Waals surface area contributed by atoms with E-state index in [9.17, 15) is 4.79 Å². The van der Waals surface area contributed by atoms with Crippen molar-refractivity contribution in [3.05, 3.63) is 33.8 Å². The minimum Gasteiger partial charge on any atom is -0.340 e. The first kappa shape index (κ1) is 16.3. The summed E-state index contributed by atoms with van der Waals surface area (Å²) in [6.07, 6.45) is 2.73. The van der Waals surface area contributed by atoms with Gasteiger partial charge in [0.15, 0.2) is 0 Å². The topological polar surface area (TPSA) is 46.3 Å². The molecule has 1 amide bonds. The summed E-state index contributed by atoms with van der Waals surface area (Å²) in [5.41, 5.74) is 6.81. The van der Waals surface area contributed by atoms with Gasteiger partial charge in [0.25, 0.3) is 0 Å². The van der Waals surface area contributed by atoms with Gasteiger partial charge < -0.3 is 10.6 Å². The Balaban J connectivity index is 2.60. The smallest absolute Gasteiger partial charge is 0.239 e. The van der Waals surface area contributed by atoms with Crippen molar-refractivity contribution in [1.82, 2.24) is 4.90 Å². The number of halogens is 2. The normalized spacial score (nSPS) is 12.3. The van der Waals surface area contributed by atoms with Gasteiger partial charge in [-0.2, -0.15) is 0 Å². The molecule has 0 fully saturated rings. The van der Waals surface area contributed by atoms with E-state index in [0.717, 1.165) is 24.8 Å². The van der Waals surface area contributed by atoms with Crippen LogP contribution in [0.4, 0.5) is 0 Å². The summed E-state index contributed by atoms with van der Waals surface area (Å²) >= 11 is 11.8. The summed E-state index contributed by atoms with van der Waals surface area (Å²) < 4.78 is 0. The minimum atomic E-state index is -0.423. The van der Waals surface area contributed by atoms with Crippen LogP contribution in [-0.4, -0.2) is 23.9 Å². The first-order valence-electron chi connectivity index (χ1n) is 6.40. The Morgan fingerprint density at radius 2 is 2.05 bits per heavy atom. The van der Waals surface area contributed by atoms with Crippen LogP contribution in [0.1, 0.15) is 31.7 Å². The molecule has 3 nitrogen and oxygen atoms in total. The number of rotatable bonds is 6. The van der Waals surface area contributed by atoms with Crippen LogP contribution < -0.4 is 5.73 Å². The van der Waals surface area contributed by atoms with Gasteiger partial charge in [-0.3, -0.25) is 4.79 Å². The van der Waals surface area contributed by atoms with Crippen molar-refractivity contribution < 1.29 is 4.79 Å². The number of nitrogens with two attached hydrogens (primary N) is 1. The standard InChI is InChI=1S/C14H20Cl2N2O/c1-3-4-5-13(17)14(19)18(2)9-10-6-7-11(15)12(16)8-10/h6-8,13H,3-5,9,17H2,1-2H3. The number of amides is 1. The van der Waals surface area contributed by atoms with Crippen LogP contribution >= 0.6 is 23.2 Å². The molecule has 0 aliphatic carbocycles. The largest absolute Gasteiger partial charge is 0.340 e. The van der Waals surface area contributed by atoms with E-state index in [1.54, 1.807) is 24.1 Å². The molecular weight excluding hydrogens is 283 g/mol. The number of carbonyl (C=O) groups excluding carboxylic acids is 1. The molecule has 0 heterocycles. The molecule has 0 radical (unpaired) electrons. The molecule has 0 aliphatic rings. The van der Waals surface area contributed by atoms with Crippen molar-refractivity contribution in [2.75, 3.05) is 7.05 Å². The predicted molar refractivity (Wildman–Crippen MR) is 80.4 cm³/mol. The number of likely N-dealkylation sites (N-methyl/N-ethyl adjacent to an activating group) is 1. The lowest BCUT2D eigenvalue weighted by molar-refractivity contribution is -0.132. The molecule has 1 rings (SSSR count). The fourth-order valence-electron chi connectivity index (χ4n) is 1.82. The third-order valence-corrected chi connectivity index (χ3v) is 3.70. The fourth-order valence-corrected chi connectivity index (χ4v) is 2.14. The Hall–Kier alpha value is -0.770. The summed E-state index contributed by atoms with van der Waals surface area (Å²) in [5, 5.41) is 1.01. The lowest BCUT2D eigenvalue weighted by atomic mass is 10.1. The van der Waals surface area contributed by atoms with E-state index in [2.05, 4.69) is 6.92 Å². The molecular formula is C14H20Cl2N2O. The van der Waals surface area contributed by atoms with E-state index < -0.39 is 6.04 Å². The second-order valence-corrected chi connectivity index (χ2v) is 5.51. The predicted octanol–water partition coefficient (Wildman–Crippen LogP) is 3.47. The van der Waals surface area contributed by atoms with Crippen LogP contribution in [0.15, 0.2) is 18.2 Å². The van der Waals surface area contributed by atoms with Crippen molar-refractivity contribution in [1.29, 1.82) is 0 Å². The molecule has 0 aliphatic heterocycles. The lowest BCUT2D eigenvalue weighted by Gasteiger charge is -2.21. The maximum atomic E-state index is 12.0. The zero-order valence-electron chi connectivity index (χ0n) is 11.3. The molecule has 0 spiro atoms. The van der Waals surface area contributed by atoms with Gasteiger partial charge in [0, 0.05) is 13.6 Å². The third kappa shape index (κ3) is 5.01. The maximum absolute atomic E-state index is 12.0. The quantitative estimate of drug-likeness (QED) is 0.874. The summed E-state index contributed by atoms with van der Waals surface area (Å²) in [7, 11) is 1.75. The third-order valence-electron chi connectivity index (χ3n) is 2.97. The van der Waals surface area contributed by atoms with Crippen molar-refractivity contribution in [3.8, 4) is 0 Å². The molecule has 0 saturated heterocycles. The van der Waals surface area contributed by atoms with Gasteiger partial charge in [-0.25, -0.2) is 0 Å². The monoisotopic (exact) mass is 302 g/mol. The highest BCUT2D eigenvalue weighted by atomic mass is 35.5. The molecule has 2 N–H and O–H groups in total. The van der Waals surface area contributed by atoms with E-state index in [-0.39, 0.29) is 5.91 Å². The highest BCUT2D eigenvalue weighted by Gasteiger charge is 2.17. The average Bonchev–Trinajstić information content (AvgIpc) is 2.39. The maximum Gasteiger partial charge on any atom is 0.239 e. The minimum absolute atomic E-state index is 0.0421. The van der Waals surface area contributed by atoms with Gasteiger partial charge in [0.05, 0.1) is 16.1 Å². The number of hydrogen-bond acceptors (Lipinski definition) is 2. The summed E-state index contributed by atoms with van der Waals surface area (Å²) in [6.45, 7) is 2.56. The average molecular weight is 303 g/mol. The van der Waals surface area contributed by atoms with Gasteiger partial charge in [-0.15, -0.1) is 0 Å². The van der Waals surface area contributed by atoms with Crippen LogP contribution in [0.5, 0.6) is 0 Å². The Morgan fingerprint density at radius 3 is 2.63 bits per heavy atom. The Bertz CT molecular complexity index is 437. The number of nitrogens with zero attached hydrogens (tertiary/aromatic N) is 1. The highest BCUT2D eigenvalue weighted by molar-refractivity contribution is 6.42. The van der Waals surface area contributed by atoms with E-state index >= 15 is 0 Å². The zero-order chi connectivity index (χ0) is 14.4. The van der Waals surface area contributed by atoms with Crippen molar-refractivity contribution in [2.24, 2.45) is 5.73 Å². The summed E-state index contributed by atoms with van der Waals surface area (Å²) in [4.78, 5) is 13.7. The molecule has 1 aromatic carbocycles. The van der Waals surface area contributed by atoms with Gasteiger partial charge in [0.2, 0.25) is 5.91 Å². The van der Waals surface area contributed by atoms with Crippen LogP contribution in [0.25, 0.3) is 0 Å². The van der Waals surface area contributed by atoms with Gasteiger partial charge in [-0.05, 0) is 24.1 Å².